The predicted molar refractivity (Wildman–Crippen MR) is 147 cm³/mol. The van der Waals surface area contributed by atoms with E-state index >= 15 is 0 Å². The van der Waals surface area contributed by atoms with Crippen LogP contribution in [0.4, 0.5) is 5.69 Å². The number of sulfonamides is 1. The van der Waals surface area contributed by atoms with E-state index in [1.165, 1.54) is 10.6 Å². The molecule has 9 heteroatoms. The van der Waals surface area contributed by atoms with Gasteiger partial charge in [-0.3, -0.25) is 13.9 Å². The smallest absolute Gasteiger partial charge is 0.242 e. The molecule has 0 bridgehead atoms. The van der Waals surface area contributed by atoms with Crippen LogP contribution < -0.4 is 9.62 Å². The molecule has 0 heterocycles. The zero-order valence-electron chi connectivity index (χ0n) is 21.2. The maximum absolute atomic E-state index is 13.4. The summed E-state index contributed by atoms with van der Waals surface area (Å²) in [5, 5.41) is 3.10. The van der Waals surface area contributed by atoms with Gasteiger partial charge >= 0.3 is 0 Å². The molecule has 1 aliphatic rings. The van der Waals surface area contributed by atoms with Crippen molar-refractivity contribution in [3.63, 3.8) is 0 Å². The highest BCUT2D eigenvalue weighted by Gasteiger charge is 2.29. The van der Waals surface area contributed by atoms with Crippen molar-refractivity contribution in [1.82, 2.24) is 10.2 Å². The van der Waals surface area contributed by atoms with Gasteiger partial charge in [-0.15, -0.1) is 0 Å². The van der Waals surface area contributed by atoms with Crippen LogP contribution in [-0.2, 0) is 26.2 Å². The molecule has 7 nitrogen and oxygen atoms in total. The fraction of sp³-hybridized carbons (Fsp3) is 0.481. The van der Waals surface area contributed by atoms with Gasteiger partial charge < -0.3 is 10.2 Å². The lowest BCUT2D eigenvalue weighted by atomic mass is 10.1. The van der Waals surface area contributed by atoms with Crippen LogP contribution in [0.1, 0.15) is 56.6 Å². The Balaban J connectivity index is 1.72. The first-order valence-corrected chi connectivity index (χ1v) is 15.1. The number of rotatable bonds is 11. The first-order chi connectivity index (χ1) is 17.1. The lowest BCUT2D eigenvalue weighted by molar-refractivity contribution is -0.141. The van der Waals surface area contributed by atoms with Crippen LogP contribution in [0.2, 0.25) is 0 Å². The molecule has 1 saturated carbocycles. The average Bonchev–Trinajstić information content (AvgIpc) is 3.33. The minimum Gasteiger partial charge on any atom is -0.352 e. The highest BCUT2D eigenvalue weighted by atomic mass is 79.9. The van der Waals surface area contributed by atoms with Crippen LogP contribution in [0.25, 0.3) is 0 Å². The minimum absolute atomic E-state index is 0.132. The molecule has 1 atom stereocenters. The van der Waals surface area contributed by atoms with Crippen LogP contribution in [0.5, 0.6) is 0 Å². The van der Waals surface area contributed by atoms with E-state index in [4.69, 9.17) is 0 Å². The molecule has 2 amide bonds. The molecule has 0 spiro atoms. The Labute approximate surface area is 223 Å². The van der Waals surface area contributed by atoms with E-state index < -0.39 is 16.1 Å². The predicted octanol–water partition coefficient (Wildman–Crippen LogP) is 4.78. The number of benzene rings is 2. The third kappa shape index (κ3) is 7.80. The molecule has 2 aromatic rings. The average molecular weight is 579 g/mol. The monoisotopic (exact) mass is 577 g/mol. The molecular formula is C27H36BrN3O4S. The maximum atomic E-state index is 13.4. The Hall–Kier alpha value is -2.39. The second kappa shape index (κ2) is 12.7. The molecule has 0 aliphatic heterocycles. The van der Waals surface area contributed by atoms with Crippen molar-refractivity contribution in [2.45, 2.75) is 71.0 Å². The molecule has 2 aromatic carbocycles. The Morgan fingerprint density at radius 3 is 2.44 bits per heavy atom. The molecular weight excluding hydrogens is 542 g/mol. The largest absolute Gasteiger partial charge is 0.352 e. The van der Waals surface area contributed by atoms with Crippen molar-refractivity contribution in [2.24, 2.45) is 0 Å². The van der Waals surface area contributed by atoms with Gasteiger partial charge in [0.15, 0.2) is 0 Å². The van der Waals surface area contributed by atoms with E-state index in [-0.39, 0.29) is 30.8 Å². The fourth-order valence-corrected chi connectivity index (χ4v) is 6.10. The number of hydrogen-bond donors (Lipinski definition) is 1. The number of nitrogens with one attached hydrogen (secondary N) is 1. The number of aryl methyl sites for hydroxylation is 1. The standard InChI is InChI=1S/C27H36BrN3O4S/c1-20-10-4-7-15-25(20)31(36(3,34)35)17-9-16-26(32)30(19-22-11-8-12-23(28)18-22)21(2)27(33)29-24-13-5-6-14-24/h4,7-8,10-12,15,18,21,24H,5-6,9,13-14,16-17,19H2,1-3H3,(H,29,33)/t21-/m0/s1. The maximum Gasteiger partial charge on any atom is 0.242 e. The summed E-state index contributed by atoms with van der Waals surface area (Å²) in [4.78, 5) is 28.1. The first kappa shape index (κ1) is 28.2. The number of anilines is 1. The van der Waals surface area contributed by atoms with Gasteiger partial charge in [-0.25, -0.2) is 8.42 Å². The van der Waals surface area contributed by atoms with Gasteiger partial charge in [-0.05, 0) is 62.4 Å². The molecule has 1 N–H and O–H groups in total. The second-order valence-electron chi connectivity index (χ2n) is 9.54. The van der Waals surface area contributed by atoms with Crippen LogP contribution in [0.15, 0.2) is 53.0 Å². The number of halogens is 1. The molecule has 3 rings (SSSR count). The molecule has 1 aliphatic carbocycles. The number of amides is 2. The Morgan fingerprint density at radius 2 is 1.81 bits per heavy atom. The van der Waals surface area contributed by atoms with E-state index in [1.807, 2.05) is 43.3 Å². The van der Waals surface area contributed by atoms with E-state index in [9.17, 15) is 18.0 Å². The highest BCUT2D eigenvalue weighted by molar-refractivity contribution is 9.10. The third-order valence-corrected chi connectivity index (χ3v) is 8.32. The van der Waals surface area contributed by atoms with Crippen molar-refractivity contribution in [3.05, 3.63) is 64.1 Å². The zero-order chi connectivity index (χ0) is 26.3. The number of carbonyl (C=O) groups excluding carboxylic acids is 2. The molecule has 0 unspecified atom stereocenters. The van der Waals surface area contributed by atoms with E-state index in [1.54, 1.807) is 24.0 Å². The minimum atomic E-state index is -3.52. The van der Waals surface area contributed by atoms with Gasteiger partial charge in [0, 0.05) is 30.0 Å². The van der Waals surface area contributed by atoms with Crippen molar-refractivity contribution in [1.29, 1.82) is 0 Å². The highest BCUT2D eigenvalue weighted by Crippen LogP contribution is 2.23. The topological polar surface area (TPSA) is 86.8 Å². The molecule has 1 fully saturated rings. The van der Waals surface area contributed by atoms with Crippen LogP contribution in [0, 0.1) is 6.92 Å². The summed E-state index contributed by atoms with van der Waals surface area (Å²) in [6.45, 7) is 4.10. The van der Waals surface area contributed by atoms with Gasteiger partial charge in [0.25, 0.3) is 0 Å². The van der Waals surface area contributed by atoms with Gasteiger partial charge in [-0.1, -0.05) is 59.1 Å². The first-order valence-electron chi connectivity index (χ1n) is 12.4. The van der Waals surface area contributed by atoms with Crippen LogP contribution in [-0.4, -0.2) is 50.0 Å². The SMILES string of the molecule is Cc1ccccc1N(CCCC(=O)N(Cc1cccc(Br)c1)[C@@H](C)C(=O)NC1CCCC1)S(C)(=O)=O. The normalized spacial score (nSPS) is 14.9. The van der Waals surface area contributed by atoms with Crippen LogP contribution in [0.3, 0.4) is 0 Å². The second-order valence-corrected chi connectivity index (χ2v) is 12.4. The zero-order valence-corrected chi connectivity index (χ0v) is 23.6. The van der Waals surface area contributed by atoms with Crippen molar-refractivity contribution < 1.29 is 18.0 Å². The molecule has 0 aromatic heterocycles. The Morgan fingerprint density at radius 1 is 1.11 bits per heavy atom. The quantitative estimate of drug-likeness (QED) is 0.416. The summed E-state index contributed by atoms with van der Waals surface area (Å²) in [7, 11) is -3.52. The molecule has 0 radical (unpaired) electrons. The van der Waals surface area contributed by atoms with Gasteiger partial charge in [-0.2, -0.15) is 0 Å². The summed E-state index contributed by atoms with van der Waals surface area (Å²) in [5.41, 5.74) is 2.38. The lowest BCUT2D eigenvalue weighted by Crippen LogP contribution is -2.49. The number of nitrogens with zero attached hydrogens (tertiary/aromatic N) is 2. The van der Waals surface area contributed by atoms with Gasteiger partial charge in [0.05, 0.1) is 11.9 Å². The molecule has 196 valence electrons. The lowest BCUT2D eigenvalue weighted by Gasteiger charge is -2.30. The van der Waals surface area contributed by atoms with Crippen molar-refractivity contribution >= 4 is 43.5 Å². The van der Waals surface area contributed by atoms with Gasteiger partial charge in [0.1, 0.15) is 6.04 Å². The van der Waals surface area contributed by atoms with E-state index in [0.29, 0.717) is 18.7 Å². The summed E-state index contributed by atoms with van der Waals surface area (Å²) in [6.07, 6.45) is 5.81. The van der Waals surface area contributed by atoms with E-state index in [0.717, 1.165) is 41.3 Å². The summed E-state index contributed by atoms with van der Waals surface area (Å²) < 4.78 is 27.3. The summed E-state index contributed by atoms with van der Waals surface area (Å²) in [5.74, 6) is -0.329. The third-order valence-electron chi connectivity index (χ3n) is 6.65. The van der Waals surface area contributed by atoms with E-state index in [2.05, 4.69) is 21.2 Å². The van der Waals surface area contributed by atoms with Crippen molar-refractivity contribution in [2.75, 3.05) is 17.1 Å². The summed E-state index contributed by atoms with van der Waals surface area (Å²) >= 11 is 3.47. The molecule has 36 heavy (non-hydrogen) atoms. The van der Waals surface area contributed by atoms with Crippen molar-refractivity contribution in [3.8, 4) is 0 Å². The van der Waals surface area contributed by atoms with Crippen LogP contribution >= 0.6 is 15.9 Å². The Kier molecular flexibility index (Phi) is 9.96. The molecule has 0 saturated heterocycles. The number of hydrogen-bond acceptors (Lipinski definition) is 4. The summed E-state index contributed by atoms with van der Waals surface area (Å²) in [6, 6.07) is 14.5. The fourth-order valence-electron chi connectivity index (χ4n) is 4.63. The number of carbonyl (C=O) groups is 2. The number of para-hydroxylation sites is 1. The van der Waals surface area contributed by atoms with Gasteiger partial charge in [0.2, 0.25) is 21.8 Å². The Bertz CT molecular complexity index is 1170.